The molecule has 2 amide bonds. The predicted molar refractivity (Wildman–Crippen MR) is 120 cm³/mol. The molecular formula is C24H19BrF2N2O3. The van der Waals surface area contributed by atoms with Crippen LogP contribution in [0.4, 0.5) is 14.5 Å². The van der Waals surface area contributed by atoms with Crippen molar-refractivity contribution in [2.24, 2.45) is 0 Å². The van der Waals surface area contributed by atoms with Gasteiger partial charge in [0.2, 0.25) is 5.91 Å². The number of hydrogen-bond acceptors (Lipinski definition) is 3. The number of nitrogens with one attached hydrogen (secondary N) is 1. The van der Waals surface area contributed by atoms with Crippen LogP contribution in [-0.2, 0) is 4.79 Å². The largest absolute Gasteiger partial charge is 0.497 e. The Morgan fingerprint density at radius 1 is 1.09 bits per heavy atom. The van der Waals surface area contributed by atoms with E-state index in [0.29, 0.717) is 22.9 Å². The molecule has 0 aliphatic carbocycles. The second-order valence-corrected chi connectivity index (χ2v) is 8.29. The fourth-order valence-corrected chi connectivity index (χ4v) is 4.54. The molecule has 0 bridgehead atoms. The summed E-state index contributed by atoms with van der Waals surface area (Å²) in [7, 11) is 3.18. The lowest BCUT2D eigenvalue weighted by Crippen LogP contribution is -2.44. The van der Waals surface area contributed by atoms with Crippen LogP contribution < -0.4 is 10.1 Å². The molecule has 3 aromatic carbocycles. The van der Waals surface area contributed by atoms with E-state index in [1.54, 1.807) is 62.7 Å². The standard InChI is InChI=1S/C24H19BrF2N2O3/c1-29-22(13-7-9-15(32-2)10-8-13)20(16-5-3-4-6-17(16)24(29)31)23(30)28-21-18(25)11-14(26)12-19(21)27/h3-12,20,22H,1-2H3,(H,28,30)/t20-,22-/m0/s1. The number of nitrogens with zero attached hydrogens (tertiary/aromatic N) is 1. The van der Waals surface area contributed by atoms with E-state index in [1.807, 2.05) is 0 Å². The van der Waals surface area contributed by atoms with E-state index in [4.69, 9.17) is 4.74 Å². The number of hydrogen-bond donors (Lipinski definition) is 1. The smallest absolute Gasteiger partial charge is 0.254 e. The van der Waals surface area contributed by atoms with Gasteiger partial charge in [-0.05, 0) is 51.3 Å². The lowest BCUT2D eigenvalue weighted by Gasteiger charge is -2.39. The lowest BCUT2D eigenvalue weighted by atomic mass is 9.79. The minimum atomic E-state index is -0.903. The maximum Gasteiger partial charge on any atom is 0.254 e. The molecule has 1 aliphatic rings. The van der Waals surface area contributed by atoms with Gasteiger partial charge in [-0.25, -0.2) is 8.78 Å². The van der Waals surface area contributed by atoms with Crippen LogP contribution in [0.3, 0.4) is 0 Å². The van der Waals surface area contributed by atoms with Gasteiger partial charge in [0.25, 0.3) is 5.91 Å². The van der Waals surface area contributed by atoms with Gasteiger partial charge in [0.15, 0.2) is 5.82 Å². The molecule has 164 valence electrons. The summed E-state index contributed by atoms with van der Waals surface area (Å²) in [5.41, 5.74) is 1.49. The third-order valence-electron chi connectivity index (χ3n) is 5.57. The molecule has 1 N–H and O–H groups in total. The van der Waals surface area contributed by atoms with Crippen molar-refractivity contribution in [1.82, 2.24) is 4.90 Å². The number of amides is 2. The molecule has 1 aliphatic heterocycles. The Hall–Kier alpha value is -3.26. The molecule has 3 aromatic rings. The maximum atomic E-state index is 14.4. The number of carbonyl (C=O) groups excluding carboxylic acids is 2. The van der Waals surface area contributed by atoms with E-state index < -0.39 is 29.5 Å². The number of likely N-dealkylation sites (N-methyl/N-ethyl adjacent to an activating group) is 1. The zero-order valence-electron chi connectivity index (χ0n) is 17.2. The van der Waals surface area contributed by atoms with Crippen LogP contribution >= 0.6 is 15.9 Å². The average molecular weight is 501 g/mol. The minimum absolute atomic E-state index is 0.0814. The molecule has 0 aromatic heterocycles. The van der Waals surface area contributed by atoms with Gasteiger partial charge >= 0.3 is 0 Å². The Bertz CT molecular complexity index is 1180. The fourth-order valence-electron chi connectivity index (χ4n) is 4.04. The number of carbonyl (C=O) groups is 2. The summed E-state index contributed by atoms with van der Waals surface area (Å²) in [6.45, 7) is 0. The number of methoxy groups -OCH3 is 1. The van der Waals surface area contributed by atoms with Crippen LogP contribution in [0.1, 0.15) is 33.4 Å². The topological polar surface area (TPSA) is 58.6 Å². The van der Waals surface area contributed by atoms with Gasteiger partial charge in [0.05, 0.1) is 24.8 Å². The summed E-state index contributed by atoms with van der Waals surface area (Å²) in [6, 6.07) is 15.1. The van der Waals surface area contributed by atoms with E-state index in [1.165, 1.54) is 4.90 Å². The van der Waals surface area contributed by atoms with Crippen LogP contribution in [0.25, 0.3) is 0 Å². The molecule has 5 nitrogen and oxygen atoms in total. The molecular weight excluding hydrogens is 482 g/mol. The van der Waals surface area contributed by atoms with Crippen molar-refractivity contribution < 1.29 is 23.1 Å². The zero-order valence-corrected chi connectivity index (χ0v) is 18.8. The molecule has 0 saturated heterocycles. The molecule has 4 rings (SSSR count). The van der Waals surface area contributed by atoms with Gasteiger partial charge < -0.3 is 15.0 Å². The number of rotatable bonds is 4. The number of halogens is 3. The van der Waals surface area contributed by atoms with E-state index in [9.17, 15) is 18.4 Å². The Kier molecular flexibility index (Phi) is 5.97. The third-order valence-corrected chi connectivity index (χ3v) is 6.20. The number of benzene rings is 3. The van der Waals surface area contributed by atoms with E-state index in [0.717, 1.165) is 11.6 Å². The zero-order chi connectivity index (χ0) is 23.0. The minimum Gasteiger partial charge on any atom is -0.497 e. The second-order valence-electron chi connectivity index (χ2n) is 7.43. The van der Waals surface area contributed by atoms with Crippen molar-refractivity contribution in [2.45, 2.75) is 12.0 Å². The van der Waals surface area contributed by atoms with Crippen LogP contribution in [0.15, 0.2) is 65.1 Å². The summed E-state index contributed by atoms with van der Waals surface area (Å²) < 4.78 is 33.2. The van der Waals surface area contributed by atoms with Crippen molar-refractivity contribution in [2.75, 3.05) is 19.5 Å². The molecule has 0 fully saturated rings. The molecule has 1 heterocycles. The first kappa shape index (κ1) is 22.0. The van der Waals surface area contributed by atoms with Crippen molar-refractivity contribution in [1.29, 1.82) is 0 Å². The van der Waals surface area contributed by atoms with Crippen LogP contribution in [0, 0.1) is 11.6 Å². The highest BCUT2D eigenvalue weighted by Crippen LogP contribution is 2.43. The van der Waals surface area contributed by atoms with Crippen LogP contribution in [0.2, 0.25) is 0 Å². The highest BCUT2D eigenvalue weighted by atomic mass is 79.9. The average Bonchev–Trinajstić information content (AvgIpc) is 2.78. The highest BCUT2D eigenvalue weighted by Gasteiger charge is 2.42. The summed E-state index contributed by atoms with van der Waals surface area (Å²) in [4.78, 5) is 28.1. The van der Waals surface area contributed by atoms with Crippen molar-refractivity contribution >= 4 is 33.4 Å². The van der Waals surface area contributed by atoms with Gasteiger partial charge in [-0.2, -0.15) is 0 Å². The van der Waals surface area contributed by atoms with Gasteiger partial charge in [-0.15, -0.1) is 0 Å². The maximum absolute atomic E-state index is 14.4. The summed E-state index contributed by atoms with van der Waals surface area (Å²) in [5.74, 6) is -2.61. The fraction of sp³-hybridized carbons (Fsp3) is 0.167. The van der Waals surface area contributed by atoms with E-state index >= 15 is 0 Å². The first-order valence-corrected chi connectivity index (χ1v) is 10.6. The van der Waals surface area contributed by atoms with Crippen molar-refractivity contribution in [3.05, 3.63) is 93.5 Å². The van der Waals surface area contributed by atoms with Gasteiger partial charge in [0, 0.05) is 23.2 Å². The Morgan fingerprint density at radius 2 is 1.78 bits per heavy atom. The predicted octanol–water partition coefficient (Wildman–Crippen LogP) is 5.29. The Balaban J connectivity index is 1.81. The third kappa shape index (κ3) is 3.86. The van der Waals surface area contributed by atoms with E-state index in [2.05, 4.69) is 21.2 Å². The van der Waals surface area contributed by atoms with Crippen molar-refractivity contribution in [3.8, 4) is 5.75 Å². The van der Waals surface area contributed by atoms with Crippen LogP contribution in [0.5, 0.6) is 5.75 Å². The van der Waals surface area contributed by atoms with E-state index in [-0.39, 0.29) is 16.1 Å². The molecule has 0 radical (unpaired) electrons. The molecule has 8 heteroatoms. The molecule has 0 saturated carbocycles. The number of anilines is 1. The quantitative estimate of drug-likeness (QED) is 0.529. The molecule has 2 atom stereocenters. The SMILES string of the molecule is COc1ccc([C@H]2[C@@H](C(=O)Nc3c(F)cc(F)cc3Br)c3ccccc3C(=O)N2C)cc1. The normalized spacial score (nSPS) is 17.7. The van der Waals surface area contributed by atoms with Crippen LogP contribution in [-0.4, -0.2) is 30.9 Å². The first-order valence-electron chi connectivity index (χ1n) is 9.77. The van der Waals surface area contributed by atoms with Crippen molar-refractivity contribution in [3.63, 3.8) is 0 Å². The monoisotopic (exact) mass is 500 g/mol. The summed E-state index contributed by atoms with van der Waals surface area (Å²) in [6.07, 6.45) is 0. The lowest BCUT2D eigenvalue weighted by molar-refractivity contribution is -0.119. The summed E-state index contributed by atoms with van der Waals surface area (Å²) in [5, 5.41) is 2.58. The van der Waals surface area contributed by atoms with Gasteiger partial charge in [-0.3, -0.25) is 9.59 Å². The number of ether oxygens (including phenoxy) is 1. The molecule has 0 unspecified atom stereocenters. The second kappa shape index (κ2) is 8.70. The Morgan fingerprint density at radius 3 is 2.44 bits per heavy atom. The summed E-state index contributed by atoms with van der Waals surface area (Å²) >= 11 is 3.11. The van der Waals surface area contributed by atoms with Gasteiger partial charge in [0.1, 0.15) is 11.6 Å². The highest BCUT2D eigenvalue weighted by molar-refractivity contribution is 9.10. The first-order chi connectivity index (χ1) is 15.3. The number of fused-ring (bicyclic) bond motifs is 1. The molecule has 0 spiro atoms. The van der Waals surface area contributed by atoms with Gasteiger partial charge in [-0.1, -0.05) is 30.3 Å². The molecule has 32 heavy (non-hydrogen) atoms. The Labute approximate surface area is 192 Å².